The van der Waals surface area contributed by atoms with E-state index in [0.717, 1.165) is 6.07 Å². The summed E-state index contributed by atoms with van der Waals surface area (Å²) >= 11 is 0. The molecule has 0 saturated carbocycles. The van der Waals surface area contributed by atoms with E-state index >= 15 is 0 Å². The Hall–Kier alpha value is -1.63. The second kappa shape index (κ2) is 3.69. The molecule has 0 spiro atoms. The van der Waals surface area contributed by atoms with Crippen LogP contribution in [0.2, 0.25) is 0 Å². The van der Waals surface area contributed by atoms with E-state index in [1.807, 2.05) is 0 Å². The maximum absolute atomic E-state index is 13.4. The molecule has 7 heteroatoms. The molecule has 1 aromatic rings. The second-order valence-electron chi connectivity index (χ2n) is 3.96. The molecule has 0 atom stereocenters. The number of hydrogen-bond acceptors (Lipinski definition) is 3. The van der Waals surface area contributed by atoms with Gasteiger partial charge in [0.05, 0.1) is 11.3 Å². The summed E-state index contributed by atoms with van der Waals surface area (Å²) in [6.45, 7) is 3.14. The minimum absolute atomic E-state index is 0.0218. The van der Waals surface area contributed by atoms with Crippen LogP contribution in [0.15, 0.2) is 18.2 Å². The largest absolute Gasteiger partial charge is 0.326 e. The highest BCUT2D eigenvalue weighted by molar-refractivity contribution is 7.91. The predicted molar refractivity (Wildman–Crippen MR) is 60.2 cm³/mol. The predicted octanol–water partition coefficient (Wildman–Crippen LogP) is 1.35. The molecule has 1 amide bonds. The molecule has 1 aromatic carbocycles. The number of benzene rings is 1. The van der Waals surface area contributed by atoms with Gasteiger partial charge >= 0.3 is 10.2 Å². The Kier molecular flexibility index (Phi) is 2.57. The average molecular weight is 258 g/mol. The summed E-state index contributed by atoms with van der Waals surface area (Å²) in [5.41, 5.74) is -0.261. The summed E-state index contributed by atoms with van der Waals surface area (Å²) in [5, 5.41) is 0. The molecule has 1 aliphatic rings. The lowest BCUT2D eigenvalue weighted by Crippen LogP contribution is -2.48. The van der Waals surface area contributed by atoms with Crippen molar-refractivity contribution in [3.63, 3.8) is 0 Å². The van der Waals surface area contributed by atoms with Crippen molar-refractivity contribution in [3.05, 3.63) is 29.6 Å². The lowest BCUT2D eigenvalue weighted by molar-refractivity contribution is 0.0833. The molecule has 0 aromatic heterocycles. The van der Waals surface area contributed by atoms with E-state index in [1.165, 1.54) is 12.1 Å². The van der Waals surface area contributed by atoms with Crippen LogP contribution in [0.4, 0.5) is 10.1 Å². The van der Waals surface area contributed by atoms with Gasteiger partial charge in [-0.15, -0.1) is 0 Å². The van der Waals surface area contributed by atoms with Gasteiger partial charge in [0.25, 0.3) is 5.91 Å². The van der Waals surface area contributed by atoms with Gasteiger partial charge in [-0.25, -0.2) is 8.70 Å². The molecule has 0 aliphatic carbocycles. The number of carbonyl (C=O) groups is 1. The minimum Gasteiger partial charge on any atom is -0.268 e. The van der Waals surface area contributed by atoms with Crippen LogP contribution in [-0.4, -0.2) is 24.7 Å². The highest BCUT2D eigenvalue weighted by atomic mass is 32.2. The Labute approximate surface area is 98.4 Å². The summed E-state index contributed by atoms with van der Waals surface area (Å²) in [6, 6.07) is 3.32. The lowest BCUT2D eigenvalue weighted by Gasteiger charge is -2.31. The average Bonchev–Trinajstić information content (AvgIpc) is 2.18. The zero-order valence-corrected chi connectivity index (χ0v) is 10.1. The van der Waals surface area contributed by atoms with E-state index in [0.29, 0.717) is 4.31 Å². The summed E-state index contributed by atoms with van der Waals surface area (Å²) in [6.07, 6.45) is 0. The van der Waals surface area contributed by atoms with Crippen LogP contribution in [0, 0.1) is 5.82 Å². The molecule has 0 radical (unpaired) electrons. The van der Waals surface area contributed by atoms with Gasteiger partial charge in [-0.1, -0.05) is 6.07 Å². The standard InChI is InChI=1S/C10H11FN2O3S/c1-6(2)13-10(14)7-4-3-5-8(11)9(7)12-17(13,15)16/h3-6,12H,1-2H3. The zero-order valence-electron chi connectivity index (χ0n) is 9.27. The third-order valence-corrected chi connectivity index (χ3v) is 3.97. The summed E-state index contributed by atoms with van der Waals surface area (Å²) < 4.78 is 39.7. The van der Waals surface area contributed by atoms with E-state index in [2.05, 4.69) is 4.72 Å². The van der Waals surface area contributed by atoms with Crippen molar-refractivity contribution in [2.45, 2.75) is 19.9 Å². The molecule has 5 nitrogen and oxygen atoms in total. The maximum Gasteiger partial charge on any atom is 0.326 e. The van der Waals surface area contributed by atoms with Gasteiger partial charge in [0.15, 0.2) is 0 Å². The number of anilines is 1. The third-order valence-electron chi connectivity index (χ3n) is 2.40. The van der Waals surface area contributed by atoms with Crippen molar-refractivity contribution >= 4 is 21.8 Å². The van der Waals surface area contributed by atoms with E-state index < -0.39 is 28.0 Å². The van der Waals surface area contributed by atoms with Gasteiger partial charge in [0.1, 0.15) is 5.82 Å². The maximum atomic E-state index is 13.4. The molecule has 1 heterocycles. The minimum atomic E-state index is -4.01. The normalized spacial score (nSPS) is 17.9. The summed E-state index contributed by atoms with van der Waals surface area (Å²) in [4.78, 5) is 12.0. The highest BCUT2D eigenvalue weighted by Crippen LogP contribution is 2.29. The Morgan fingerprint density at radius 1 is 1.35 bits per heavy atom. The number of hydrogen-bond donors (Lipinski definition) is 1. The van der Waals surface area contributed by atoms with Gasteiger partial charge < -0.3 is 0 Å². The first kappa shape index (κ1) is 11.8. The molecular formula is C10H11FN2O3S. The van der Waals surface area contributed by atoms with Gasteiger partial charge in [-0.3, -0.25) is 9.52 Å². The number of amides is 1. The Bertz CT molecular complexity index is 583. The van der Waals surface area contributed by atoms with Gasteiger partial charge in [0, 0.05) is 6.04 Å². The molecule has 0 fully saturated rings. The van der Waals surface area contributed by atoms with Crippen molar-refractivity contribution in [2.75, 3.05) is 4.72 Å². The molecule has 92 valence electrons. The van der Waals surface area contributed by atoms with Gasteiger partial charge in [0.2, 0.25) is 0 Å². The van der Waals surface area contributed by atoms with Crippen molar-refractivity contribution < 1.29 is 17.6 Å². The Morgan fingerprint density at radius 2 is 2.00 bits per heavy atom. The fourth-order valence-electron chi connectivity index (χ4n) is 1.72. The molecule has 17 heavy (non-hydrogen) atoms. The summed E-state index contributed by atoms with van der Waals surface area (Å²) in [5.74, 6) is -1.48. The van der Waals surface area contributed by atoms with Crippen LogP contribution >= 0.6 is 0 Å². The molecule has 0 unspecified atom stereocenters. The van der Waals surface area contributed by atoms with E-state index in [-0.39, 0.29) is 11.3 Å². The quantitative estimate of drug-likeness (QED) is 0.826. The molecule has 0 saturated heterocycles. The van der Waals surface area contributed by atoms with Crippen molar-refractivity contribution in [3.8, 4) is 0 Å². The molecule has 1 N–H and O–H groups in total. The number of carbonyl (C=O) groups excluding carboxylic acids is 1. The first-order valence-electron chi connectivity index (χ1n) is 4.99. The van der Waals surface area contributed by atoms with Crippen LogP contribution in [0.1, 0.15) is 24.2 Å². The second-order valence-corrected chi connectivity index (χ2v) is 5.51. The van der Waals surface area contributed by atoms with Crippen LogP contribution in [-0.2, 0) is 10.2 Å². The molecule has 1 aliphatic heterocycles. The van der Waals surface area contributed by atoms with Crippen LogP contribution in [0.25, 0.3) is 0 Å². The first-order valence-corrected chi connectivity index (χ1v) is 6.43. The first-order chi connectivity index (χ1) is 7.84. The summed E-state index contributed by atoms with van der Waals surface area (Å²) in [7, 11) is -4.01. The fourth-order valence-corrected chi connectivity index (χ4v) is 3.16. The number of nitrogens with zero attached hydrogens (tertiary/aromatic N) is 1. The number of nitrogens with one attached hydrogen (secondary N) is 1. The van der Waals surface area contributed by atoms with Gasteiger partial charge in [-0.05, 0) is 26.0 Å². The third kappa shape index (κ3) is 1.76. The van der Waals surface area contributed by atoms with Crippen molar-refractivity contribution in [1.29, 1.82) is 0 Å². The van der Waals surface area contributed by atoms with Gasteiger partial charge in [-0.2, -0.15) is 8.42 Å². The molecular weight excluding hydrogens is 247 g/mol. The Balaban J connectivity index is 2.66. The van der Waals surface area contributed by atoms with Crippen LogP contribution < -0.4 is 4.72 Å². The van der Waals surface area contributed by atoms with Crippen molar-refractivity contribution in [2.24, 2.45) is 0 Å². The van der Waals surface area contributed by atoms with Crippen molar-refractivity contribution in [1.82, 2.24) is 4.31 Å². The Morgan fingerprint density at radius 3 is 2.59 bits per heavy atom. The van der Waals surface area contributed by atoms with Crippen LogP contribution in [0.3, 0.4) is 0 Å². The van der Waals surface area contributed by atoms with E-state index in [1.54, 1.807) is 13.8 Å². The zero-order chi connectivity index (χ0) is 12.8. The highest BCUT2D eigenvalue weighted by Gasteiger charge is 2.38. The van der Waals surface area contributed by atoms with E-state index in [9.17, 15) is 17.6 Å². The lowest BCUT2D eigenvalue weighted by atomic mass is 10.1. The topological polar surface area (TPSA) is 66.5 Å². The number of rotatable bonds is 1. The molecule has 2 rings (SSSR count). The number of halogens is 1. The fraction of sp³-hybridized carbons (Fsp3) is 0.300. The number of para-hydroxylation sites is 1. The van der Waals surface area contributed by atoms with E-state index in [4.69, 9.17) is 0 Å². The molecule has 0 bridgehead atoms. The number of fused-ring (bicyclic) bond motifs is 1. The monoisotopic (exact) mass is 258 g/mol. The van der Waals surface area contributed by atoms with Crippen LogP contribution in [0.5, 0.6) is 0 Å². The smallest absolute Gasteiger partial charge is 0.268 e. The SMILES string of the molecule is CC(C)N1C(=O)c2cccc(F)c2NS1(=O)=O.